The molecule has 2 aliphatic rings. The van der Waals surface area contributed by atoms with E-state index in [4.69, 9.17) is 0 Å². The predicted octanol–water partition coefficient (Wildman–Crippen LogP) is 2.59. The highest BCUT2D eigenvalue weighted by Crippen LogP contribution is 2.42. The summed E-state index contributed by atoms with van der Waals surface area (Å²) in [7, 11) is 0. The lowest BCUT2D eigenvalue weighted by Gasteiger charge is -2.22. The van der Waals surface area contributed by atoms with Crippen molar-refractivity contribution in [3.8, 4) is 0 Å². The highest BCUT2D eigenvalue weighted by Gasteiger charge is 2.33. The molecule has 0 aromatic heterocycles. The van der Waals surface area contributed by atoms with Crippen molar-refractivity contribution in [3.05, 3.63) is 29.3 Å². The molecule has 0 amide bonds. The van der Waals surface area contributed by atoms with Gasteiger partial charge in [-0.25, -0.2) is 0 Å². The normalized spacial score (nSPS) is 22.3. The van der Waals surface area contributed by atoms with E-state index in [2.05, 4.69) is 11.4 Å². The molecule has 14 heavy (non-hydrogen) atoms. The fourth-order valence-corrected chi connectivity index (χ4v) is 2.47. The maximum Gasteiger partial charge on any atom is 0.163 e. The van der Waals surface area contributed by atoms with E-state index >= 15 is 0 Å². The molecule has 1 aromatic carbocycles. The first-order chi connectivity index (χ1) is 6.36. The Morgan fingerprint density at radius 2 is 2.21 bits per heavy atom. The number of anilines is 1. The Morgan fingerprint density at radius 1 is 1.36 bits per heavy atom. The summed E-state index contributed by atoms with van der Waals surface area (Å²) in [5.41, 5.74) is 3.41. The van der Waals surface area contributed by atoms with Crippen LogP contribution < -0.4 is 5.32 Å². The average Bonchev–Trinajstić information content (AvgIpc) is 2.47. The Kier molecular flexibility index (Phi) is 2.23. The summed E-state index contributed by atoms with van der Waals surface area (Å²) in [5, 5.41) is 3.34. The van der Waals surface area contributed by atoms with Crippen molar-refractivity contribution in [2.75, 3.05) is 11.9 Å². The second-order valence-corrected chi connectivity index (χ2v) is 3.81. The first-order valence-corrected chi connectivity index (χ1v) is 4.76. The molecule has 3 rings (SSSR count). The fourth-order valence-electron chi connectivity index (χ4n) is 2.47. The molecular formula is C11H12ClNO. The van der Waals surface area contributed by atoms with Crippen LogP contribution in [-0.4, -0.2) is 12.3 Å². The molecule has 1 aromatic rings. The lowest BCUT2D eigenvalue weighted by Crippen LogP contribution is -2.14. The van der Waals surface area contributed by atoms with Gasteiger partial charge in [-0.3, -0.25) is 4.79 Å². The zero-order valence-electron chi connectivity index (χ0n) is 7.75. The number of rotatable bonds is 0. The van der Waals surface area contributed by atoms with E-state index in [1.54, 1.807) is 0 Å². The smallest absolute Gasteiger partial charge is 0.163 e. The van der Waals surface area contributed by atoms with Gasteiger partial charge in [0.15, 0.2) is 5.78 Å². The van der Waals surface area contributed by atoms with E-state index in [0.717, 1.165) is 24.9 Å². The minimum atomic E-state index is 0. The number of Topliss-reactive ketones (excluding diaryl/α,β-unsaturated/α-hetero) is 1. The maximum absolute atomic E-state index is 11.6. The zero-order valence-corrected chi connectivity index (χ0v) is 8.56. The lowest BCUT2D eigenvalue weighted by atomic mass is 9.93. The number of ketones is 1. The van der Waals surface area contributed by atoms with Gasteiger partial charge in [0.1, 0.15) is 0 Å². The molecule has 3 heteroatoms. The molecular weight excluding hydrogens is 198 g/mol. The van der Waals surface area contributed by atoms with Crippen molar-refractivity contribution in [1.82, 2.24) is 0 Å². The average molecular weight is 210 g/mol. The number of carbonyl (C=O) groups excluding carboxylic acids is 1. The topological polar surface area (TPSA) is 29.1 Å². The Labute approximate surface area is 89.1 Å². The van der Waals surface area contributed by atoms with Crippen LogP contribution in [0.4, 0.5) is 5.69 Å². The third kappa shape index (κ3) is 1.14. The number of benzene rings is 1. The van der Waals surface area contributed by atoms with Gasteiger partial charge in [0.05, 0.1) is 0 Å². The first kappa shape index (κ1) is 9.53. The van der Waals surface area contributed by atoms with Gasteiger partial charge in [0, 0.05) is 24.2 Å². The summed E-state index contributed by atoms with van der Waals surface area (Å²) in [4.78, 5) is 11.6. The summed E-state index contributed by atoms with van der Waals surface area (Å²) in [6.45, 7) is 1.01. The van der Waals surface area contributed by atoms with Gasteiger partial charge in [-0.1, -0.05) is 12.1 Å². The highest BCUT2D eigenvalue weighted by molar-refractivity contribution is 6.03. The standard InChI is InChI=1S/C11H11NO.ClH/c13-10-6-7-4-5-12-9-3-1-2-8(10)11(7)9;/h1-3,7,12H,4-6H2;1H. The monoisotopic (exact) mass is 209 g/mol. The third-order valence-electron chi connectivity index (χ3n) is 3.05. The van der Waals surface area contributed by atoms with Gasteiger partial charge in [-0.15, -0.1) is 12.4 Å². The van der Waals surface area contributed by atoms with Crippen molar-refractivity contribution < 1.29 is 4.79 Å². The van der Waals surface area contributed by atoms with Gasteiger partial charge in [0.25, 0.3) is 0 Å². The summed E-state index contributed by atoms with van der Waals surface area (Å²) in [5.74, 6) is 0.825. The minimum Gasteiger partial charge on any atom is -0.385 e. The molecule has 1 N–H and O–H groups in total. The van der Waals surface area contributed by atoms with Gasteiger partial charge >= 0.3 is 0 Å². The first-order valence-electron chi connectivity index (χ1n) is 4.76. The Bertz CT molecular complexity index is 389. The maximum atomic E-state index is 11.6. The van der Waals surface area contributed by atoms with E-state index in [1.165, 1.54) is 11.3 Å². The van der Waals surface area contributed by atoms with Gasteiger partial charge in [-0.05, 0) is 24.0 Å². The number of halogens is 1. The summed E-state index contributed by atoms with van der Waals surface area (Å²) < 4.78 is 0. The predicted molar refractivity (Wildman–Crippen MR) is 58.5 cm³/mol. The molecule has 0 radical (unpaired) electrons. The summed E-state index contributed by atoms with van der Waals surface area (Å²) in [6, 6.07) is 5.99. The molecule has 0 saturated heterocycles. The largest absolute Gasteiger partial charge is 0.385 e. The highest BCUT2D eigenvalue weighted by atomic mass is 35.5. The van der Waals surface area contributed by atoms with Crippen LogP contribution >= 0.6 is 12.4 Å². The van der Waals surface area contributed by atoms with E-state index in [1.807, 2.05) is 12.1 Å². The van der Waals surface area contributed by atoms with Crippen molar-refractivity contribution in [3.63, 3.8) is 0 Å². The van der Waals surface area contributed by atoms with E-state index in [9.17, 15) is 4.79 Å². The fraction of sp³-hybridized carbons (Fsp3) is 0.364. The Balaban J connectivity index is 0.000000750. The molecule has 1 aliphatic heterocycles. The molecule has 1 atom stereocenters. The van der Waals surface area contributed by atoms with Crippen LogP contribution in [0.5, 0.6) is 0 Å². The second kappa shape index (κ2) is 3.28. The molecule has 74 valence electrons. The SMILES string of the molecule is Cl.O=C1CC2CCNc3cccc1c32. The molecule has 1 unspecified atom stereocenters. The quantitative estimate of drug-likeness (QED) is 0.712. The Hall–Kier alpha value is -1.02. The molecule has 0 bridgehead atoms. The summed E-state index contributed by atoms with van der Waals surface area (Å²) >= 11 is 0. The molecule has 1 aliphatic carbocycles. The molecule has 2 nitrogen and oxygen atoms in total. The van der Waals surface area contributed by atoms with Crippen LogP contribution in [0.1, 0.15) is 34.7 Å². The lowest BCUT2D eigenvalue weighted by molar-refractivity contribution is 0.0988. The molecule has 0 fully saturated rings. The minimum absolute atomic E-state index is 0. The third-order valence-corrected chi connectivity index (χ3v) is 3.05. The number of hydrogen-bond donors (Lipinski definition) is 1. The van der Waals surface area contributed by atoms with E-state index < -0.39 is 0 Å². The molecule has 0 spiro atoms. The van der Waals surface area contributed by atoms with Gasteiger partial charge in [-0.2, -0.15) is 0 Å². The van der Waals surface area contributed by atoms with Crippen molar-refractivity contribution in [2.45, 2.75) is 18.8 Å². The molecule has 1 heterocycles. The van der Waals surface area contributed by atoms with Crippen molar-refractivity contribution >= 4 is 23.9 Å². The zero-order chi connectivity index (χ0) is 8.84. The van der Waals surface area contributed by atoms with Crippen molar-refractivity contribution in [2.24, 2.45) is 0 Å². The van der Waals surface area contributed by atoms with Crippen molar-refractivity contribution in [1.29, 1.82) is 0 Å². The summed E-state index contributed by atoms with van der Waals surface area (Å²) in [6.07, 6.45) is 1.84. The Morgan fingerprint density at radius 3 is 3.07 bits per heavy atom. The van der Waals surface area contributed by atoms with Crippen LogP contribution in [0, 0.1) is 0 Å². The van der Waals surface area contributed by atoms with E-state index in [0.29, 0.717) is 11.7 Å². The second-order valence-electron chi connectivity index (χ2n) is 3.81. The van der Waals surface area contributed by atoms with Gasteiger partial charge in [0.2, 0.25) is 0 Å². The number of carbonyl (C=O) groups is 1. The number of hydrogen-bond acceptors (Lipinski definition) is 2. The van der Waals surface area contributed by atoms with E-state index in [-0.39, 0.29) is 12.4 Å². The molecule has 0 saturated carbocycles. The van der Waals surface area contributed by atoms with Crippen LogP contribution in [0.15, 0.2) is 18.2 Å². The van der Waals surface area contributed by atoms with Crippen LogP contribution in [-0.2, 0) is 0 Å². The van der Waals surface area contributed by atoms with Gasteiger partial charge < -0.3 is 5.32 Å². The number of nitrogens with one attached hydrogen (secondary N) is 1. The van der Waals surface area contributed by atoms with Crippen LogP contribution in [0.2, 0.25) is 0 Å². The van der Waals surface area contributed by atoms with Crippen LogP contribution in [0.25, 0.3) is 0 Å². The van der Waals surface area contributed by atoms with Crippen LogP contribution in [0.3, 0.4) is 0 Å².